The molecule has 0 bridgehead atoms. The zero-order chi connectivity index (χ0) is 9.14. The maximum Gasteiger partial charge on any atom is 0.358 e. The number of carboxylic acid groups (broad SMARTS) is 1. The predicted octanol–water partition coefficient (Wildman–Crippen LogP) is 0.927. The van der Waals surface area contributed by atoms with Crippen molar-refractivity contribution >= 4 is 5.97 Å². The quantitative estimate of drug-likeness (QED) is 0.672. The van der Waals surface area contributed by atoms with Gasteiger partial charge < -0.3 is 9.84 Å². The van der Waals surface area contributed by atoms with Crippen LogP contribution in [0.4, 0.5) is 4.39 Å². The van der Waals surface area contributed by atoms with Gasteiger partial charge in [-0.15, -0.1) is 0 Å². The summed E-state index contributed by atoms with van der Waals surface area (Å²) < 4.78 is 17.1. The molecule has 0 radical (unpaired) electrons. The number of aromatic nitrogens is 1. The van der Waals surface area contributed by atoms with E-state index in [0.717, 1.165) is 6.07 Å². The van der Waals surface area contributed by atoms with E-state index in [4.69, 9.17) is 5.11 Å². The molecule has 0 spiro atoms. The van der Waals surface area contributed by atoms with E-state index in [1.807, 2.05) is 0 Å². The monoisotopic (exact) mass is 171 g/mol. The highest BCUT2D eigenvalue weighted by Crippen LogP contribution is 2.15. The molecule has 0 fully saturated rings. The highest BCUT2D eigenvalue weighted by molar-refractivity contribution is 5.88. The normalized spacial score (nSPS) is 9.50. The Kier molecular flexibility index (Phi) is 2.23. The van der Waals surface area contributed by atoms with Crippen LogP contribution in [0.25, 0.3) is 0 Å². The first-order chi connectivity index (χ1) is 5.65. The fourth-order valence-corrected chi connectivity index (χ4v) is 0.740. The third-order valence-electron chi connectivity index (χ3n) is 1.25. The Hall–Kier alpha value is -1.65. The fraction of sp³-hybridized carbons (Fsp3) is 0.143. The average Bonchev–Trinajstić information content (AvgIpc) is 2.04. The van der Waals surface area contributed by atoms with E-state index in [-0.39, 0.29) is 5.75 Å². The minimum Gasteiger partial charge on any atom is -0.494 e. The number of hydrogen-bond donors (Lipinski definition) is 1. The molecular weight excluding hydrogens is 165 g/mol. The molecule has 0 aromatic carbocycles. The maximum absolute atomic E-state index is 12.4. The van der Waals surface area contributed by atoms with Crippen LogP contribution < -0.4 is 4.74 Å². The summed E-state index contributed by atoms with van der Waals surface area (Å²) in [4.78, 5) is 13.6. The van der Waals surface area contributed by atoms with Crippen molar-refractivity contribution in [2.75, 3.05) is 7.11 Å². The van der Waals surface area contributed by atoms with Gasteiger partial charge in [-0.2, -0.15) is 4.39 Å². The summed E-state index contributed by atoms with van der Waals surface area (Å²) in [6.45, 7) is 0. The second-order valence-electron chi connectivity index (χ2n) is 1.99. The Morgan fingerprint density at radius 2 is 2.33 bits per heavy atom. The zero-order valence-electron chi connectivity index (χ0n) is 6.24. The fourth-order valence-electron chi connectivity index (χ4n) is 0.740. The summed E-state index contributed by atoms with van der Waals surface area (Å²) in [5.41, 5.74) is -0.419. The number of hydrogen-bond acceptors (Lipinski definition) is 3. The molecule has 0 amide bonds. The molecule has 0 atom stereocenters. The summed E-state index contributed by atoms with van der Waals surface area (Å²) >= 11 is 0. The lowest BCUT2D eigenvalue weighted by molar-refractivity contribution is 0.0685. The van der Waals surface area contributed by atoms with Crippen molar-refractivity contribution in [1.82, 2.24) is 4.98 Å². The molecule has 0 aliphatic carbocycles. The number of carbonyl (C=O) groups is 1. The first-order valence-corrected chi connectivity index (χ1v) is 3.09. The zero-order valence-corrected chi connectivity index (χ0v) is 6.24. The molecule has 5 heteroatoms. The van der Waals surface area contributed by atoms with Gasteiger partial charge >= 0.3 is 5.97 Å². The van der Waals surface area contributed by atoms with Crippen LogP contribution in [0, 0.1) is 5.95 Å². The highest BCUT2D eigenvalue weighted by atomic mass is 19.1. The maximum atomic E-state index is 12.4. The van der Waals surface area contributed by atoms with Crippen LogP contribution in [0.15, 0.2) is 12.1 Å². The molecule has 64 valence electrons. The van der Waals surface area contributed by atoms with Crippen molar-refractivity contribution in [3.05, 3.63) is 23.8 Å². The average molecular weight is 171 g/mol. The van der Waals surface area contributed by atoms with Crippen molar-refractivity contribution in [3.8, 4) is 5.75 Å². The number of rotatable bonds is 2. The van der Waals surface area contributed by atoms with E-state index in [2.05, 4.69) is 9.72 Å². The van der Waals surface area contributed by atoms with Crippen LogP contribution in [0.1, 0.15) is 10.5 Å². The van der Waals surface area contributed by atoms with E-state index >= 15 is 0 Å². The number of nitrogens with zero attached hydrogens (tertiary/aromatic N) is 1. The Labute approximate surface area is 67.6 Å². The van der Waals surface area contributed by atoms with Crippen molar-refractivity contribution in [2.24, 2.45) is 0 Å². The van der Waals surface area contributed by atoms with E-state index < -0.39 is 17.6 Å². The Balaban J connectivity index is 3.21. The van der Waals surface area contributed by atoms with Crippen LogP contribution in [0.5, 0.6) is 5.75 Å². The van der Waals surface area contributed by atoms with E-state index in [1.54, 1.807) is 0 Å². The number of ether oxygens (including phenoxy) is 1. The first-order valence-electron chi connectivity index (χ1n) is 3.09. The lowest BCUT2D eigenvalue weighted by Gasteiger charge is -2.01. The smallest absolute Gasteiger partial charge is 0.358 e. The van der Waals surface area contributed by atoms with Crippen LogP contribution in [-0.2, 0) is 0 Å². The molecule has 4 nitrogen and oxygen atoms in total. The topological polar surface area (TPSA) is 59.4 Å². The summed E-state index contributed by atoms with van der Waals surface area (Å²) in [5, 5.41) is 8.51. The SMILES string of the molecule is COc1ccc(F)nc1C(=O)O. The number of carboxylic acids is 1. The molecule has 12 heavy (non-hydrogen) atoms. The second-order valence-corrected chi connectivity index (χ2v) is 1.99. The summed E-state index contributed by atoms with van der Waals surface area (Å²) in [7, 11) is 1.29. The Morgan fingerprint density at radius 1 is 1.67 bits per heavy atom. The van der Waals surface area contributed by atoms with Gasteiger partial charge in [0.15, 0.2) is 11.4 Å². The second kappa shape index (κ2) is 3.17. The lowest BCUT2D eigenvalue weighted by Crippen LogP contribution is -2.04. The largest absolute Gasteiger partial charge is 0.494 e. The van der Waals surface area contributed by atoms with Crippen molar-refractivity contribution in [2.45, 2.75) is 0 Å². The third-order valence-corrected chi connectivity index (χ3v) is 1.25. The minimum absolute atomic E-state index is 0.0453. The molecule has 0 unspecified atom stereocenters. The van der Waals surface area contributed by atoms with Crippen LogP contribution >= 0.6 is 0 Å². The van der Waals surface area contributed by atoms with Crippen molar-refractivity contribution in [3.63, 3.8) is 0 Å². The van der Waals surface area contributed by atoms with Gasteiger partial charge in [0.05, 0.1) is 7.11 Å². The van der Waals surface area contributed by atoms with Gasteiger partial charge in [0, 0.05) is 0 Å². The number of pyridine rings is 1. The summed E-state index contributed by atoms with van der Waals surface area (Å²) in [6.07, 6.45) is 0. The molecule has 1 rings (SSSR count). The van der Waals surface area contributed by atoms with E-state index in [9.17, 15) is 9.18 Å². The molecule has 0 saturated heterocycles. The van der Waals surface area contributed by atoms with Gasteiger partial charge in [-0.25, -0.2) is 9.78 Å². The van der Waals surface area contributed by atoms with E-state index in [1.165, 1.54) is 13.2 Å². The molecule has 1 aromatic rings. The number of aromatic carboxylic acids is 1. The molecule has 1 heterocycles. The van der Waals surface area contributed by atoms with Crippen LogP contribution in [-0.4, -0.2) is 23.2 Å². The highest BCUT2D eigenvalue weighted by Gasteiger charge is 2.12. The van der Waals surface area contributed by atoms with Crippen molar-refractivity contribution < 1.29 is 19.0 Å². The molecule has 1 N–H and O–H groups in total. The van der Waals surface area contributed by atoms with Gasteiger partial charge in [-0.1, -0.05) is 0 Å². The molecule has 0 aliphatic heterocycles. The van der Waals surface area contributed by atoms with Gasteiger partial charge in [-0.3, -0.25) is 0 Å². The van der Waals surface area contributed by atoms with E-state index in [0.29, 0.717) is 0 Å². The number of halogens is 1. The van der Waals surface area contributed by atoms with Crippen molar-refractivity contribution in [1.29, 1.82) is 0 Å². The molecule has 1 aromatic heterocycles. The van der Waals surface area contributed by atoms with Crippen LogP contribution in [0.3, 0.4) is 0 Å². The van der Waals surface area contributed by atoms with Gasteiger partial charge in [0.2, 0.25) is 5.95 Å². The summed E-state index contributed by atoms with van der Waals surface area (Å²) in [5.74, 6) is -2.11. The predicted molar refractivity (Wildman–Crippen MR) is 37.7 cm³/mol. The van der Waals surface area contributed by atoms with Gasteiger partial charge in [0.1, 0.15) is 0 Å². The molecule has 0 saturated carbocycles. The van der Waals surface area contributed by atoms with Gasteiger partial charge in [0.25, 0.3) is 0 Å². The van der Waals surface area contributed by atoms with Crippen LogP contribution in [0.2, 0.25) is 0 Å². The molecular formula is C7H6FNO3. The first kappa shape index (κ1) is 8.45. The lowest BCUT2D eigenvalue weighted by atomic mass is 10.3. The Morgan fingerprint density at radius 3 is 2.83 bits per heavy atom. The Bertz CT molecular complexity index is 314. The van der Waals surface area contributed by atoms with Gasteiger partial charge in [-0.05, 0) is 12.1 Å². The minimum atomic E-state index is -1.31. The number of methoxy groups -OCH3 is 1. The summed E-state index contributed by atoms with van der Waals surface area (Å²) in [6, 6.07) is 2.25. The third kappa shape index (κ3) is 1.50. The standard InChI is InChI=1S/C7H6FNO3/c1-12-4-2-3-5(8)9-6(4)7(10)11/h2-3H,1H3,(H,10,11). The molecule has 0 aliphatic rings.